The maximum absolute atomic E-state index is 14.0. The van der Waals surface area contributed by atoms with Gasteiger partial charge in [-0.15, -0.1) is 0 Å². The molecule has 0 fully saturated rings. The van der Waals surface area contributed by atoms with Gasteiger partial charge < -0.3 is 14.7 Å². The Kier molecular flexibility index (Phi) is 5.35. The third kappa shape index (κ3) is 3.68. The second-order valence-corrected chi connectivity index (χ2v) is 8.32. The minimum absolute atomic E-state index is 0.0728. The van der Waals surface area contributed by atoms with E-state index in [1.807, 2.05) is 0 Å². The molecule has 10 heteroatoms. The first-order chi connectivity index (χ1) is 17.2. The van der Waals surface area contributed by atoms with Gasteiger partial charge in [0, 0.05) is 36.2 Å². The highest BCUT2D eigenvalue weighted by atomic mass is 19.1. The lowest BCUT2D eigenvalue weighted by molar-refractivity contribution is -0.384. The van der Waals surface area contributed by atoms with Crippen LogP contribution in [0.2, 0.25) is 0 Å². The number of hydrogen-bond acceptors (Lipinski definition) is 6. The Bertz CT molecular complexity index is 1660. The quantitative estimate of drug-likeness (QED) is 0.271. The standard InChI is InChI=1S/C26H17F2N5O3/c1-32-14-31-13-23(32)26(30,18-4-2-15(12-29)3-5-18)24-9-17-8-21(33(34)35)11-22(25(17)36-24)16-6-19(27)10-20(28)7-16/h2-11,13-14H,30H2,1H3. The zero-order chi connectivity index (χ0) is 25.6. The Balaban J connectivity index is 1.81. The van der Waals surface area contributed by atoms with Crippen LogP contribution in [0, 0.1) is 33.1 Å². The van der Waals surface area contributed by atoms with Crippen LogP contribution in [0.15, 0.2) is 77.6 Å². The molecule has 0 aliphatic carbocycles. The van der Waals surface area contributed by atoms with Gasteiger partial charge in [0.1, 0.15) is 28.5 Å². The van der Waals surface area contributed by atoms with E-state index in [4.69, 9.17) is 10.2 Å². The van der Waals surface area contributed by atoms with Gasteiger partial charge in [0.25, 0.3) is 5.69 Å². The van der Waals surface area contributed by atoms with Gasteiger partial charge in [0.2, 0.25) is 0 Å². The maximum Gasteiger partial charge on any atom is 0.270 e. The van der Waals surface area contributed by atoms with E-state index in [9.17, 15) is 24.2 Å². The van der Waals surface area contributed by atoms with Crippen molar-refractivity contribution < 1.29 is 18.1 Å². The molecule has 178 valence electrons. The van der Waals surface area contributed by atoms with Crippen LogP contribution in [0.1, 0.15) is 22.6 Å². The topological polar surface area (TPSA) is 124 Å². The molecule has 0 saturated carbocycles. The number of nitriles is 1. The lowest BCUT2D eigenvalue weighted by Gasteiger charge is -2.28. The van der Waals surface area contributed by atoms with Crippen LogP contribution in [0.3, 0.4) is 0 Å². The number of benzene rings is 3. The molecular weight excluding hydrogens is 468 g/mol. The molecule has 2 N–H and O–H groups in total. The summed E-state index contributed by atoms with van der Waals surface area (Å²) in [5.41, 5.74) is 7.23. The number of halogens is 2. The number of non-ortho nitro benzene ring substituents is 1. The molecule has 3 aromatic carbocycles. The minimum Gasteiger partial charge on any atom is -0.458 e. The molecule has 1 atom stereocenters. The molecule has 5 aromatic rings. The molecule has 2 heterocycles. The summed E-state index contributed by atoms with van der Waals surface area (Å²) in [6.45, 7) is 0. The minimum atomic E-state index is -1.42. The second-order valence-electron chi connectivity index (χ2n) is 8.32. The number of furan rings is 1. The predicted octanol–water partition coefficient (Wildman–Crippen LogP) is 5.14. The van der Waals surface area contributed by atoms with Gasteiger partial charge in [0.05, 0.1) is 34.8 Å². The fraction of sp³-hybridized carbons (Fsp3) is 0.0769. The van der Waals surface area contributed by atoms with E-state index in [0.717, 1.165) is 12.1 Å². The Morgan fingerprint density at radius 3 is 2.39 bits per heavy atom. The van der Waals surface area contributed by atoms with Crippen LogP contribution in [0.4, 0.5) is 14.5 Å². The Labute approximate surface area is 203 Å². The smallest absolute Gasteiger partial charge is 0.270 e. The summed E-state index contributed by atoms with van der Waals surface area (Å²) in [7, 11) is 1.75. The molecule has 0 spiro atoms. The molecule has 0 aliphatic heterocycles. The number of aromatic nitrogens is 2. The SMILES string of the molecule is Cn1cncc1C(N)(c1ccc(C#N)cc1)c1cc2cc([N+](=O)[O-])cc(-c3cc(F)cc(F)c3)c2o1. The monoisotopic (exact) mass is 485 g/mol. The van der Waals surface area contributed by atoms with E-state index in [0.29, 0.717) is 28.3 Å². The Morgan fingerprint density at radius 1 is 1.11 bits per heavy atom. The molecule has 0 bridgehead atoms. The van der Waals surface area contributed by atoms with E-state index < -0.39 is 22.1 Å². The first-order valence-electron chi connectivity index (χ1n) is 10.7. The summed E-state index contributed by atoms with van der Waals surface area (Å²) in [6, 6.07) is 15.6. The average Bonchev–Trinajstić information content (AvgIpc) is 3.49. The second kappa shape index (κ2) is 8.41. The molecule has 2 aromatic heterocycles. The summed E-state index contributed by atoms with van der Waals surface area (Å²) in [5, 5.41) is 21.2. The van der Waals surface area contributed by atoms with Crippen LogP contribution in [0.25, 0.3) is 22.1 Å². The lowest BCUT2D eigenvalue weighted by Crippen LogP contribution is -2.40. The van der Waals surface area contributed by atoms with Crippen LogP contribution >= 0.6 is 0 Å². The molecule has 1 unspecified atom stereocenters. The third-order valence-corrected chi connectivity index (χ3v) is 6.06. The Hall–Kier alpha value is -4.88. The van der Waals surface area contributed by atoms with E-state index >= 15 is 0 Å². The average molecular weight is 485 g/mol. The largest absolute Gasteiger partial charge is 0.458 e. The van der Waals surface area contributed by atoms with Crippen molar-refractivity contribution in [3.05, 3.63) is 118 Å². The van der Waals surface area contributed by atoms with Crippen LogP contribution in [0.5, 0.6) is 0 Å². The Morgan fingerprint density at radius 2 is 1.81 bits per heavy atom. The van der Waals surface area contributed by atoms with Gasteiger partial charge in [-0.2, -0.15) is 5.26 Å². The number of hydrogen-bond donors (Lipinski definition) is 1. The van der Waals surface area contributed by atoms with Crippen molar-refractivity contribution >= 4 is 16.7 Å². The van der Waals surface area contributed by atoms with E-state index in [-0.39, 0.29) is 28.2 Å². The fourth-order valence-electron chi connectivity index (χ4n) is 4.32. The maximum atomic E-state index is 14.0. The van der Waals surface area contributed by atoms with Crippen LogP contribution in [-0.2, 0) is 12.6 Å². The highest BCUT2D eigenvalue weighted by Crippen LogP contribution is 2.41. The van der Waals surface area contributed by atoms with Crippen molar-refractivity contribution in [2.45, 2.75) is 5.54 Å². The number of imidazole rings is 1. The molecule has 36 heavy (non-hydrogen) atoms. The number of fused-ring (bicyclic) bond motifs is 1. The lowest BCUT2D eigenvalue weighted by atomic mass is 9.84. The van der Waals surface area contributed by atoms with Crippen molar-refractivity contribution in [2.24, 2.45) is 12.8 Å². The third-order valence-electron chi connectivity index (χ3n) is 6.06. The zero-order valence-electron chi connectivity index (χ0n) is 18.8. The van der Waals surface area contributed by atoms with Crippen molar-refractivity contribution in [3.8, 4) is 17.2 Å². The highest BCUT2D eigenvalue weighted by molar-refractivity contribution is 5.95. The van der Waals surface area contributed by atoms with Gasteiger partial charge in [-0.05, 0) is 41.5 Å². The van der Waals surface area contributed by atoms with Gasteiger partial charge in [-0.3, -0.25) is 10.1 Å². The zero-order valence-corrected chi connectivity index (χ0v) is 18.8. The number of nitro benzene ring substituents is 1. The molecule has 0 aliphatic rings. The highest BCUT2D eigenvalue weighted by Gasteiger charge is 2.38. The van der Waals surface area contributed by atoms with Crippen LogP contribution < -0.4 is 5.73 Å². The summed E-state index contributed by atoms with van der Waals surface area (Å²) in [5.74, 6) is -1.46. The van der Waals surface area contributed by atoms with Crippen molar-refractivity contribution in [2.75, 3.05) is 0 Å². The van der Waals surface area contributed by atoms with Gasteiger partial charge in [0.15, 0.2) is 0 Å². The van der Waals surface area contributed by atoms with E-state index in [2.05, 4.69) is 11.1 Å². The summed E-state index contributed by atoms with van der Waals surface area (Å²) in [6.07, 6.45) is 3.13. The van der Waals surface area contributed by atoms with Gasteiger partial charge in [-0.25, -0.2) is 13.8 Å². The van der Waals surface area contributed by atoms with Crippen molar-refractivity contribution in [1.29, 1.82) is 5.26 Å². The first kappa shape index (κ1) is 22.9. The summed E-state index contributed by atoms with van der Waals surface area (Å²) in [4.78, 5) is 15.2. The molecular formula is C26H17F2N5O3. The van der Waals surface area contributed by atoms with Crippen molar-refractivity contribution in [3.63, 3.8) is 0 Å². The number of aryl methyl sites for hydroxylation is 1. The van der Waals surface area contributed by atoms with Crippen molar-refractivity contribution in [1.82, 2.24) is 9.55 Å². The number of rotatable bonds is 5. The molecule has 0 saturated heterocycles. The van der Waals surface area contributed by atoms with Crippen LogP contribution in [-0.4, -0.2) is 14.5 Å². The number of nitrogens with zero attached hydrogens (tertiary/aromatic N) is 4. The molecule has 0 amide bonds. The van der Waals surface area contributed by atoms with E-state index in [1.54, 1.807) is 54.5 Å². The first-order valence-corrected chi connectivity index (χ1v) is 10.7. The van der Waals surface area contributed by atoms with Gasteiger partial charge >= 0.3 is 0 Å². The summed E-state index contributed by atoms with van der Waals surface area (Å²) >= 11 is 0. The number of nitro groups is 1. The molecule has 8 nitrogen and oxygen atoms in total. The van der Waals surface area contributed by atoms with Gasteiger partial charge in [-0.1, -0.05) is 12.1 Å². The van der Waals surface area contributed by atoms with E-state index in [1.165, 1.54) is 12.1 Å². The molecule has 5 rings (SSSR count). The summed E-state index contributed by atoms with van der Waals surface area (Å²) < 4.78 is 36.0. The normalized spacial score (nSPS) is 12.9. The predicted molar refractivity (Wildman–Crippen MR) is 127 cm³/mol. The molecule has 0 radical (unpaired) electrons. The fourth-order valence-corrected chi connectivity index (χ4v) is 4.32. The number of nitrogens with two attached hydrogens (primary N) is 1.